The van der Waals surface area contributed by atoms with Crippen molar-refractivity contribution in [3.05, 3.63) is 0 Å². The van der Waals surface area contributed by atoms with Crippen molar-refractivity contribution in [3.63, 3.8) is 0 Å². The van der Waals surface area contributed by atoms with Crippen LogP contribution in [0.5, 0.6) is 0 Å². The summed E-state index contributed by atoms with van der Waals surface area (Å²) < 4.78 is 0. The molecule has 0 aliphatic carbocycles. The number of hydrogen-bond donors (Lipinski definition) is 1. The highest BCUT2D eigenvalue weighted by atomic mass is 16.4. The largest absolute Gasteiger partial charge is 0.480 e. The normalized spacial score (nSPS) is 26.6. The van der Waals surface area contributed by atoms with Crippen LogP contribution >= 0.6 is 0 Å². The standard InChI is InChI=1S/C16H27N3O4/c1-4-18-7-5-6-13(18)10-19-9-12(8-14(19)20)15(21)17(3)11(2)16(22)23/h11-13H,4-10H2,1-3H3,(H,22,23)/t11-,12-,13-/m1/s1. The van der Waals surface area contributed by atoms with Crippen LogP contribution in [-0.4, -0.2) is 82.9 Å². The van der Waals surface area contributed by atoms with E-state index in [1.54, 1.807) is 4.90 Å². The molecule has 0 spiro atoms. The average Bonchev–Trinajstić information content (AvgIpc) is 3.12. The lowest BCUT2D eigenvalue weighted by atomic mass is 10.1. The van der Waals surface area contributed by atoms with Crippen LogP contribution in [0.25, 0.3) is 0 Å². The summed E-state index contributed by atoms with van der Waals surface area (Å²) in [5, 5.41) is 9.02. The first-order valence-corrected chi connectivity index (χ1v) is 8.36. The molecule has 0 bridgehead atoms. The third-order valence-electron chi connectivity index (χ3n) is 5.19. The summed E-state index contributed by atoms with van der Waals surface area (Å²) in [7, 11) is 1.49. The maximum absolute atomic E-state index is 12.4. The molecule has 0 aromatic heterocycles. The van der Waals surface area contributed by atoms with E-state index in [1.807, 2.05) is 0 Å². The van der Waals surface area contributed by atoms with E-state index in [9.17, 15) is 14.4 Å². The number of carboxylic acids is 1. The number of amides is 2. The van der Waals surface area contributed by atoms with E-state index in [4.69, 9.17) is 5.11 Å². The molecule has 0 aromatic carbocycles. The van der Waals surface area contributed by atoms with Gasteiger partial charge in [-0.15, -0.1) is 0 Å². The first-order chi connectivity index (χ1) is 10.8. The molecule has 2 aliphatic heterocycles. The van der Waals surface area contributed by atoms with Gasteiger partial charge in [-0.3, -0.25) is 14.5 Å². The molecule has 0 radical (unpaired) electrons. The zero-order valence-electron chi connectivity index (χ0n) is 14.2. The number of hydrogen-bond acceptors (Lipinski definition) is 4. The molecule has 7 nitrogen and oxygen atoms in total. The SMILES string of the molecule is CCN1CCC[C@@H]1CN1C[C@H](C(=O)N(C)[C@H](C)C(=O)O)CC1=O. The van der Waals surface area contributed by atoms with Gasteiger partial charge in [-0.1, -0.05) is 6.92 Å². The summed E-state index contributed by atoms with van der Waals surface area (Å²) in [6, 6.07) is -0.495. The van der Waals surface area contributed by atoms with Gasteiger partial charge in [0.2, 0.25) is 11.8 Å². The smallest absolute Gasteiger partial charge is 0.326 e. The predicted octanol–water partition coefficient (Wildman–Crippen LogP) is 0.251. The molecule has 3 atom stereocenters. The second-order valence-electron chi connectivity index (χ2n) is 6.59. The van der Waals surface area contributed by atoms with Gasteiger partial charge in [0.25, 0.3) is 0 Å². The number of aliphatic carboxylic acids is 1. The Balaban J connectivity index is 1.94. The highest BCUT2D eigenvalue weighted by Crippen LogP contribution is 2.24. The Labute approximate surface area is 137 Å². The van der Waals surface area contributed by atoms with Crippen LogP contribution in [0.2, 0.25) is 0 Å². The molecule has 2 fully saturated rings. The fraction of sp³-hybridized carbons (Fsp3) is 0.812. The minimum atomic E-state index is -1.04. The lowest BCUT2D eigenvalue weighted by Gasteiger charge is -2.28. The van der Waals surface area contributed by atoms with Gasteiger partial charge in [-0.2, -0.15) is 0 Å². The summed E-state index contributed by atoms with van der Waals surface area (Å²) in [4.78, 5) is 41.0. The summed E-state index contributed by atoms with van der Waals surface area (Å²) in [5.74, 6) is -1.71. The molecule has 2 rings (SSSR count). The van der Waals surface area contributed by atoms with Crippen LogP contribution in [0.3, 0.4) is 0 Å². The van der Waals surface area contributed by atoms with Crippen molar-refractivity contribution in [1.82, 2.24) is 14.7 Å². The Kier molecular flexibility index (Phi) is 5.62. The Bertz CT molecular complexity index is 482. The summed E-state index contributed by atoms with van der Waals surface area (Å²) in [6.07, 6.45) is 2.43. The van der Waals surface area contributed by atoms with Crippen LogP contribution in [0.4, 0.5) is 0 Å². The van der Waals surface area contributed by atoms with Gasteiger partial charge in [0, 0.05) is 32.6 Å². The third kappa shape index (κ3) is 3.83. The van der Waals surface area contributed by atoms with Crippen molar-refractivity contribution in [3.8, 4) is 0 Å². The first-order valence-electron chi connectivity index (χ1n) is 8.36. The molecule has 2 heterocycles. The second-order valence-corrected chi connectivity index (χ2v) is 6.59. The second kappa shape index (κ2) is 7.29. The minimum absolute atomic E-state index is 0.00248. The van der Waals surface area contributed by atoms with Gasteiger partial charge in [0.1, 0.15) is 6.04 Å². The molecule has 23 heavy (non-hydrogen) atoms. The molecule has 7 heteroatoms. The van der Waals surface area contributed by atoms with Crippen LogP contribution in [0.1, 0.15) is 33.1 Å². The fourth-order valence-electron chi connectivity index (χ4n) is 3.53. The van der Waals surface area contributed by atoms with E-state index in [1.165, 1.54) is 18.9 Å². The van der Waals surface area contributed by atoms with Crippen molar-refractivity contribution in [2.24, 2.45) is 5.92 Å². The van der Waals surface area contributed by atoms with Gasteiger partial charge in [0.15, 0.2) is 0 Å². The van der Waals surface area contributed by atoms with Crippen molar-refractivity contribution in [2.75, 3.05) is 33.2 Å². The Morgan fingerprint density at radius 1 is 1.43 bits per heavy atom. The number of carbonyl (C=O) groups is 3. The van der Waals surface area contributed by atoms with E-state index in [0.29, 0.717) is 19.1 Å². The molecular weight excluding hydrogens is 298 g/mol. The fourth-order valence-corrected chi connectivity index (χ4v) is 3.53. The lowest BCUT2D eigenvalue weighted by molar-refractivity contribution is -0.149. The van der Waals surface area contributed by atoms with Gasteiger partial charge < -0.3 is 14.9 Å². The van der Waals surface area contributed by atoms with Crippen LogP contribution in [-0.2, 0) is 14.4 Å². The van der Waals surface area contributed by atoms with Gasteiger partial charge >= 0.3 is 5.97 Å². The first kappa shape index (κ1) is 17.7. The highest BCUT2D eigenvalue weighted by molar-refractivity contribution is 5.91. The zero-order chi connectivity index (χ0) is 17.1. The van der Waals surface area contributed by atoms with Crippen LogP contribution in [0.15, 0.2) is 0 Å². The molecule has 2 amide bonds. The minimum Gasteiger partial charge on any atom is -0.480 e. The summed E-state index contributed by atoms with van der Waals surface area (Å²) >= 11 is 0. The van der Waals surface area contributed by atoms with Crippen molar-refractivity contribution in [2.45, 2.75) is 45.2 Å². The molecule has 2 aliphatic rings. The van der Waals surface area contributed by atoms with Crippen LogP contribution in [0, 0.1) is 5.92 Å². The van der Waals surface area contributed by atoms with E-state index >= 15 is 0 Å². The molecule has 130 valence electrons. The number of likely N-dealkylation sites (tertiary alicyclic amines) is 2. The van der Waals surface area contributed by atoms with Gasteiger partial charge in [-0.05, 0) is 32.9 Å². The molecule has 0 aromatic rings. The number of likely N-dealkylation sites (N-methyl/N-ethyl adjacent to an activating group) is 2. The number of carbonyl (C=O) groups excluding carboxylic acids is 2. The van der Waals surface area contributed by atoms with Crippen LogP contribution < -0.4 is 0 Å². The monoisotopic (exact) mass is 325 g/mol. The Morgan fingerprint density at radius 3 is 2.74 bits per heavy atom. The molecule has 0 unspecified atom stereocenters. The number of carboxylic acid groups (broad SMARTS) is 1. The van der Waals surface area contributed by atoms with Gasteiger partial charge in [0.05, 0.1) is 5.92 Å². The Hall–Kier alpha value is -1.63. The molecule has 1 N–H and O–H groups in total. The van der Waals surface area contributed by atoms with E-state index in [-0.39, 0.29) is 18.2 Å². The average molecular weight is 325 g/mol. The maximum Gasteiger partial charge on any atom is 0.326 e. The topological polar surface area (TPSA) is 81.2 Å². The van der Waals surface area contributed by atoms with Crippen molar-refractivity contribution in [1.29, 1.82) is 0 Å². The lowest BCUT2D eigenvalue weighted by Crippen LogP contribution is -2.44. The van der Waals surface area contributed by atoms with Crippen molar-refractivity contribution >= 4 is 17.8 Å². The van der Waals surface area contributed by atoms with Gasteiger partial charge in [-0.25, -0.2) is 4.79 Å². The highest BCUT2D eigenvalue weighted by Gasteiger charge is 2.39. The summed E-state index contributed by atoms with van der Waals surface area (Å²) in [5.41, 5.74) is 0. The summed E-state index contributed by atoms with van der Waals surface area (Å²) in [6.45, 7) is 6.74. The quantitative estimate of drug-likeness (QED) is 0.757. The Morgan fingerprint density at radius 2 is 2.13 bits per heavy atom. The molecule has 0 saturated carbocycles. The number of nitrogens with zero attached hydrogens (tertiary/aromatic N) is 3. The van der Waals surface area contributed by atoms with E-state index < -0.39 is 17.9 Å². The number of rotatable bonds is 6. The molecule has 2 saturated heterocycles. The zero-order valence-corrected chi connectivity index (χ0v) is 14.2. The molecular formula is C16H27N3O4. The predicted molar refractivity (Wildman–Crippen MR) is 84.8 cm³/mol. The third-order valence-corrected chi connectivity index (χ3v) is 5.19. The van der Waals surface area contributed by atoms with E-state index in [0.717, 1.165) is 25.9 Å². The van der Waals surface area contributed by atoms with Crippen molar-refractivity contribution < 1.29 is 19.5 Å². The maximum atomic E-state index is 12.4. The van der Waals surface area contributed by atoms with E-state index in [2.05, 4.69) is 11.8 Å².